The van der Waals surface area contributed by atoms with Crippen LogP contribution in [0, 0.1) is 5.82 Å². The minimum atomic E-state index is -4.94. The molecule has 0 aromatic heterocycles. The van der Waals surface area contributed by atoms with Gasteiger partial charge in [0.15, 0.2) is 0 Å². The average Bonchev–Trinajstić information content (AvgIpc) is 2.48. The number of benzene rings is 2. The Hall–Kier alpha value is -2.71. The second-order valence-corrected chi connectivity index (χ2v) is 4.52. The third-order valence-electron chi connectivity index (χ3n) is 2.88. The summed E-state index contributed by atoms with van der Waals surface area (Å²) in [6.45, 7) is -3.18. The monoisotopic (exact) mass is 349 g/mol. The van der Waals surface area contributed by atoms with Gasteiger partial charge in [-0.2, -0.15) is 22.0 Å². The smallest absolute Gasteiger partial charge is 0.419 e. The number of ether oxygens (including phenoxy) is 1. The molecule has 0 aliphatic heterocycles. The SMILES string of the molecule is O=C(Nc1ccc(F)c(C(F)(F)F)c1)c1ccccc1OC(F)F. The summed E-state index contributed by atoms with van der Waals surface area (Å²) in [7, 11) is 0. The zero-order valence-electron chi connectivity index (χ0n) is 11.7. The van der Waals surface area contributed by atoms with Crippen LogP contribution in [-0.2, 0) is 6.18 Å². The lowest BCUT2D eigenvalue weighted by molar-refractivity contribution is -0.139. The first-order valence-electron chi connectivity index (χ1n) is 6.40. The Balaban J connectivity index is 2.28. The summed E-state index contributed by atoms with van der Waals surface area (Å²) >= 11 is 0. The summed E-state index contributed by atoms with van der Waals surface area (Å²) < 4.78 is 79.9. The van der Waals surface area contributed by atoms with Crippen LogP contribution in [0.3, 0.4) is 0 Å². The highest BCUT2D eigenvalue weighted by Crippen LogP contribution is 2.33. The van der Waals surface area contributed by atoms with E-state index in [0.29, 0.717) is 12.1 Å². The van der Waals surface area contributed by atoms with Crippen LogP contribution < -0.4 is 10.1 Å². The molecular weight excluding hydrogens is 340 g/mol. The summed E-state index contributed by atoms with van der Waals surface area (Å²) in [5, 5.41) is 2.08. The summed E-state index contributed by atoms with van der Waals surface area (Å²) in [5.41, 5.74) is -2.21. The molecule has 0 aliphatic rings. The average molecular weight is 349 g/mol. The quantitative estimate of drug-likeness (QED) is 0.813. The van der Waals surface area contributed by atoms with Gasteiger partial charge in [-0.25, -0.2) is 4.39 Å². The molecule has 1 N–H and O–H groups in total. The van der Waals surface area contributed by atoms with E-state index in [0.717, 1.165) is 18.2 Å². The first-order chi connectivity index (χ1) is 11.2. The Kier molecular flexibility index (Phi) is 5.01. The van der Waals surface area contributed by atoms with Crippen molar-refractivity contribution in [3.63, 3.8) is 0 Å². The molecule has 0 saturated carbocycles. The largest absolute Gasteiger partial charge is 0.434 e. The van der Waals surface area contributed by atoms with Gasteiger partial charge < -0.3 is 10.1 Å². The highest BCUT2D eigenvalue weighted by molar-refractivity contribution is 6.06. The van der Waals surface area contributed by atoms with E-state index in [-0.39, 0.29) is 11.3 Å². The van der Waals surface area contributed by atoms with Crippen LogP contribution >= 0.6 is 0 Å². The van der Waals surface area contributed by atoms with Gasteiger partial charge >= 0.3 is 12.8 Å². The van der Waals surface area contributed by atoms with Gasteiger partial charge in [0.1, 0.15) is 11.6 Å². The molecule has 3 nitrogen and oxygen atoms in total. The molecule has 0 spiro atoms. The molecule has 0 aliphatic carbocycles. The van der Waals surface area contributed by atoms with E-state index in [1.54, 1.807) is 0 Å². The van der Waals surface area contributed by atoms with E-state index in [4.69, 9.17) is 0 Å². The fourth-order valence-corrected chi connectivity index (χ4v) is 1.87. The number of alkyl halides is 5. The fourth-order valence-electron chi connectivity index (χ4n) is 1.87. The van der Waals surface area contributed by atoms with E-state index >= 15 is 0 Å². The van der Waals surface area contributed by atoms with Crippen LogP contribution in [0.15, 0.2) is 42.5 Å². The maximum absolute atomic E-state index is 13.2. The van der Waals surface area contributed by atoms with Crippen molar-refractivity contribution in [1.82, 2.24) is 0 Å². The molecule has 128 valence electrons. The van der Waals surface area contributed by atoms with Crippen molar-refractivity contribution in [1.29, 1.82) is 0 Å². The Bertz CT molecular complexity index is 745. The number of nitrogens with one attached hydrogen (secondary N) is 1. The molecule has 0 bridgehead atoms. The lowest BCUT2D eigenvalue weighted by Gasteiger charge is -2.13. The first-order valence-corrected chi connectivity index (χ1v) is 6.40. The highest BCUT2D eigenvalue weighted by atomic mass is 19.4. The third-order valence-corrected chi connectivity index (χ3v) is 2.88. The summed E-state index contributed by atoms with van der Waals surface area (Å²) in [6, 6.07) is 6.82. The first kappa shape index (κ1) is 17.6. The molecule has 0 heterocycles. The summed E-state index contributed by atoms with van der Waals surface area (Å²) in [4.78, 5) is 12.1. The number of carbonyl (C=O) groups excluding carboxylic acids is 1. The molecule has 0 radical (unpaired) electrons. The molecule has 0 atom stereocenters. The van der Waals surface area contributed by atoms with Crippen LogP contribution in [0.25, 0.3) is 0 Å². The lowest BCUT2D eigenvalue weighted by Crippen LogP contribution is -2.16. The van der Waals surface area contributed by atoms with Crippen molar-refractivity contribution < 1.29 is 35.9 Å². The van der Waals surface area contributed by atoms with Gasteiger partial charge in [0.05, 0.1) is 11.1 Å². The second-order valence-electron chi connectivity index (χ2n) is 4.52. The molecule has 24 heavy (non-hydrogen) atoms. The molecule has 0 fully saturated rings. The number of amides is 1. The van der Waals surface area contributed by atoms with E-state index in [2.05, 4.69) is 10.1 Å². The van der Waals surface area contributed by atoms with E-state index in [9.17, 15) is 31.1 Å². The van der Waals surface area contributed by atoms with Crippen molar-refractivity contribution in [3.05, 3.63) is 59.4 Å². The number of carbonyl (C=O) groups is 1. The molecular formula is C15H9F6NO2. The predicted octanol–water partition coefficient (Wildman–Crippen LogP) is 4.70. The lowest BCUT2D eigenvalue weighted by atomic mass is 10.1. The van der Waals surface area contributed by atoms with E-state index in [1.807, 2.05) is 0 Å². The number of halogens is 6. The van der Waals surface area contributed by atoms with Crippen LogP contribution in [-0.4, -0.2) is 12.5 Å². The number of para-hydroxylation sites is 1. The molecule has 1 amide bonds. The molecule has 0 saturated heterocycles. The Morgan fingerprint density at radius 3 is 2.38 bits per heavy atom. The van der Waals surface area contributed by atoms with Gasteiger partial charge in [0.25, 0.3) is 5.91 Å². The number of rotatable bonds is 4. The van der Waals surface area contributed by atoms with Crippen LogP contribution in [0.2, 0.25) is 0 Å². The Morgan fingerprint density at radius 2 is 1.75 bits per heavy atom. The Labute approximate surface area is 131 Å². The summed E-state index contributed by atoms with van der Waals surface area (Å²) in [6.07, 6.45) is -4.94. The normalized spacial score (nSPS) is 11.5. The third kappa shape index (κ3) is 4.18. The van der Waals surface area contributed by atoms with Crippen molar-refractivity contribution in [2.75, 3.05) is 5.32 Å². The summed E-state index contributed by atoms with van der Waals surface area (Å²) in [5.74, 6) is -2.92. The second kappa shape index (κ2) is 6.81. The topological polar surface area (TPSA) is 38.3 Å². The number of hydrogen-bond acceptors (Lipinski definition) is 2. The van der Waals surface area contributed by atoms with Crippen LogP contribution in [0.4, 0.5) is 32.0 Å². The van der Waals surface area contributed by atoms with Crippen molar-refractivity contribution in [2.24, 2.45) is 0 Å². The van der Waals surface area contributed by atoms with Gasteiger partial charge in [0, 0.05) is 5.69 Å². The van der Waals surface area contributed by atoms with Gasteiger partial charge in [0.2, 0.25) is 0 Å². The minimum Gasteiger partial charge on any atom is -0.434 e. The maximum atomic E-state index is 13.2. The van der Waals surface area contributed by atoms with Crippen LogP contribution in [0.5, 0.6) is 5.75 Å². The van der Waals surface area contributed by atoms with Gasteiger partial charge in [-0.15, -0.1) is 0 Å². The molecule has 9 heteroatoms. The highest BCUT2D eigenvalue weighted by Gasteiger charge is 2.34. The van der Waals surface area contributed by atoms with Crippen molar-refractivity contribution >= 4 is 11.6 Å². The molecule has 0 unspecified atom stereocenters. The standard InChI is InChI=1S/C15H9F6NO2/c16-11-6-5-8(7-10(11)15(19,20)21)22-13(23)9-3-1-2-4-12(9)24-14(17)18/h1-7,14H,(H,22,23). The van der Waals surface area contributed by atoms with Crippen molar-refractivity contribution in [2.45, 2.75) is 12.8 Å². The number of hydrogen-bond donors (Lipinski definition) is 1. The fraction of sp³-hybridized carbons (Fsp3) is 0.133. The molecule has 2 aromatic rings. The predicted molar refractivity (Wildman–Crippen MR) is 72.4 cm³/mol. The van der Waals surface area contributed by atoms with E-state index in [1.165, 1.54) is 12.1 Å². The minimum absolute atomic E-state index is 0.310. The Morgan fingerprint density at radius 1 is 1.08 bits per heavy atom. The van der Waals surface area contributed by atoms with Crippen LogP contribution in [0.1, 0.15) is 15.9 Å². The van der Waals surface area contributed by atoms with Gasteiger partial charge in [-0.05, 0) is 30.3 Å². The van der Waals surface area contributed by atoms with E-state index < -0.39 is 35.8 Å². The zero-order chi connectivity index (χ0) is 17.9. The molecule has 2 aromatic carbocycles. The maximum Gasteiger partial charge on any atom is 0.419 e. The van der Waals surface area contributed by atoms with Crippen molar-refractivity contribution in [3.8, 4) is 5.75 Å². The zero-order valence-corrected chi connectivity index (χ0v) is 11.7. The molecule has 2 rings (SSSR count). The number of anilines is 1. The van der Waals surface area contributed by atoms with Gasteiger partial charge in [-0.1, -0.05) is 12.1 Å². The van der Waals surface area contributed by atoms with Gasteiger partial charge in [-0.3, -0.25) is 4.79 Å².